The van der Waals surface area contributed by atoms with Crippen molar-refractivity contribution < 1.29 is 17.6 Å². The molecule has 100 valence electrons. The lowest BCUT2D eigenvalue weighted by Gasteiger charge is -2.09. The predicted molar refractivity (Wildman–Crippen MR) is 67.7 cm³/mol. The Balaban J connectivity index is 2.16. The van der Waals surface area contributed by atoms with Crippen molar-refractivity contribution in [1.82, 2.24) is 0 Å². The van der Waals surface area contributed by atoms with Crippen LogP contribution < -0.4 is 5.32 Å². The molecule has 0 saturated carbocycles. The van der Waals surface area contributed by atoms with Gasteiger partial charge in [0.05, 0.1) is 0 Å². The summed E-state index contributed by atoms with van der Waals surface area (Å²) in [5.74, 6) is -3.51. The van der Waals surface area contributed by atoms with E-state index in [0.29, 0.717) is 5.56 Å². The molecule has 2 aromatic carbocycles. The van der Waals surface area contributed by atoms with Gasteiger partial charge in [0.25, 0.3) is 0 Å². The maximum atomic E-state index is 13.5. The first-order chi connectivity index (χ1) is 8.97. The maximum Gasteiger partial charge on any atom is 0.159 e. The van der Waals surface area contributed by atoms with Crippen LogP contribution in [0.3, 0.4) is 0 Å². The summed E-state index contributed by atoms with van der Waals surface area (Å²) in [4.78, 5) is 0. The van der Waals surface area contributed by atoms with Crippen LogP contribution in [0.1, 0.15) is 5.56 Å². The quantitative estimate of drug-likeness (QED) is 0.808. The van der Waals surface area contributed by atoms with E-state index in [-0.39, 0.29) is 16.7 Å². The van der Waals surface area contributed by atoms with Gasteiger partial charge >= 0.3 is 0 Å². The van der Waals surface area contributed by atoms with Gasteiger partial charge in [-0.25, -0.2) is 17.6 Å². The summed E-state index contributed by atoms with van der Waals surface area (Å²) in [6, 6.07) is 5.48. The second-order valence-corrected chi connectivity index (χ2v) is 4.76. The summed E-state index contributed by atoms with van der Waals surface area (Å²) < 4.78 is 52.9. The van der Waals surface area contributed by atoms with E-state index in [0.717, 1.165) is 24.3 Å². The molecule has 0 atom stereocenters. The second kappa shape index (κ2) is 5.61. The van der Waals surface area contributed by atoms with Crippen LogP contribution in [0.4, 0.5) is 23.2 Å². The lowest BCUT2D eigenvalue weighted by atomic mass is 10.2. The molecule has 1 nitrogen and oxygen atoms in total. The number of hydrogen-bond acceptors (Lipinski definition) is 1. The Bertz CT molecular complexity index is 593. The minimum absolute atomic E-state index is 0.0212. The van der Waals surface area contributed by atoms with Crippen LogP contribution in [-0.2, 0) is 6.54 Å². The van der Waals surface area contributed by atoms with E-state index in [1.165, 1.54) is 6.07 Å². The number of hydrogen-bond donors (Lipinski definition) is 1. The molecule has 0 unspecified atom stereocenters. The van der Waals surface area contributed by atoms with Crippen LogP contribution >= 0.6 is 15.9 Å². The highest BCUT2D eigenvalue weighted by Crippen LogP contribution is 2.24. The summed E-state index contributed by atoms with van der Waals surface area (Å²) in [5.41, 5.74) is 0.0635. The first-order valence-electron chi connectivity index (χ1n) is 5.29. The zero-order valence-corrected chi connectivity index (χ0v) is 11.1. The van der Waals surface area contributed by atoms with Gasteiger partial charge in [-0.15, -0.1) is 0 Å². The van der Waals surface area contributed by atoms with Gasteiger partial charge in [-0.1, -0.05) is 22.0 Å². The summed E-state index contributed by atoms with van der Waals surface area (Å²) in [6.07, 6.45) is 0. The van der Waals surface area contributed by atoms with Crippen LogP contribution in [0.2, 0.25) is 0 Å². The number of rotatable bonds is 3. The normalized spacial score (nSPS) is 10.6. The molecule has 2 aromatic rings. The van der Waals surface area contributed by atoms with Crippen molar-refractivity contribution in [2.75, 3.05) is 5.32 Å². The summed E-state index contributed by atoms with van der Waals surface area (Å²) in [6.45, 7) is -0.0212. The number of anilines is 1. The van der Waals surface area contributed by atoms with E-state index in [4.69, 9.17) is 0 Å². The highest BCUT2D eigenvalue weighted by molar-refractivity contribution is 9.10. The van der Waals surface area contributed by atoms with Crippen molar-refractivity contribution >= 4 is 21.6 Å². The van der Waals surface area contributed by atoms with Crippen molar-refractivity contribution in [1.29, 1.82) is 0 Å². The molecule has 6 heteroatoms. The first-order valence-corrected chi connectivity index (χ1v) is 6.09. The molecule has 19 heavy (non-hydrogen) atoms. The first kappa shape index (κ1) is 13.9. The van der Waals surface area contributed by atoms with Gasteiger partial charge in [0.2, 0.25) is 0 Å². The predicted octanol–water partition coefficient (Wildman–Crippen LogP) is 4.62. The minimum atomic E-state index is -1.00. The number of benzene rings is 2. The van der Waals surface area contributed by atoms with Gasteiger partial charge in [0.1, 0.15) is 17.3 Å². The van der Waals surface area contributed by atoms with Gasteiger partial charge in [-0.3, -0.25) is 0 Å². The molecule has 0 radical (unpaired) electrons. The SMILES string of the molecule is Fc1ccc(CNc2c(F)cc(Br)cc2F)cc1F. The Morgan fingerprint density at radius 1 is 0.842 bits per heavy atom. The molecule has 0 spiro atoms. The van der Waals surface area contributed by atoms with Crippen molar-refractivity contribution in [3.63, 3.8) is 0 Å². The molecule has 0 aliphatic heterocycles. The second-order valence-electron chi connectivity index (χ2n) is 3.85. The molecular weight excluding hydrogens is 326 g/mol. The van der Waals surface area contributed by atoms with E-state index in [9.17, 15) is 17.6 Å². The Kier molecular flexibility index (Phi) is 4.09. The van der Waals surface area contributed by atoms with Gasteiger partial charge in [0, 0.05) is 11.0 Å². The highest BCUT2D eigenvalue weighted by Gasteiger charge is 2.10. The monoisotopic (exact) mass is 333 g/mol. The molecule has 0 bridgehead atoms. The Hall–Kier alpha value is -1.56. The van der Waals surface area contributed by atoms with Crippen molar-refractivity contribution in [3.05, 3.63) is 63.6 Å². The fraction of sp³-hybridized carbons (Fsp3) is 0.0769. The molecule has 0 fully saturated rings. The Labute approximate surface area is 115 Å². The van der Waals surface area contributed by atoms with E-state index < -0.39 is 23.3 Å². The lowest BCUT2D eigenvalue weighted by molar-refractivity contribution is 0.507. The number of nitrogens with one attached hydrogen (secondary N) is 1. The van der Waals surface area contributed by atoms with Crippen LogP contribution in [-0.4, -0.2) is 0 Å². The molecule has 1 N–H and O–H groups in total. The smallest absolute Gasteiger partial charge is 0.159 e. The van der Waals surface area contributed by atoms with Gasteiger partial charge in [0.15, 0.2) is 11.6 Å². The van der Waals surface area contributed by atoms with E-state index >= 15 is 0 Å². The molecule has 0 aliphatic carbocycles. The molecular formula is C13H8BrF4N. The summed E-state index contributed by atoms with van der Waals surface area (Å²) >= 11 is 2.96. The third-order valence-corrected chi connectivity index (χ3v) is 2.92. The molecule has 0 aromatic heterocycles. The highest BCUT2D eigenvalue weighted by atomic mass is 79.9. The van der Waals surface area contributed by atoms with Crippen molar-refractivity contribution in [3.8, 4) is 0 Å². The van der Waals surface area contributed by atoms with E-state index in [1.54, 1.807) is 0 Å². The molecule has 0 amide bonds. The fourth-order valence-electron chi connectivity index (χ4n) is 1.55. The average molecular weight is 334 g/mol. The van der Waals surface area contributed by atoms with Crippen LogP contribution in [0.5, 0.6) is 0 Å². The number of halogens is 5. The molecule has 0 heterocycles. The van der Waals surface area contributed by atoms with Crippen molar-refractivity contribution in [2.45, 2.75) is 6.54 Å². The lowest BCUT2D eigenvalue weighted by Crippen LogP contribution is -2.04. The zero-order chi connectivity index (χ0) is 14.0. The van der Waals surface area contributed by atoms with Crippen molar-refractivity contribution in [2.24, 2.45) is 0 Å². The van der Waals surface area contributed by atoms with Gasteiger partial charge < -0.3 is 5.32 Å². The molecule has 2 rings (SSSR count). The topological polar surface area (TPSA) is 12.0 Å². The van der Waals surface area contributed by atoms with Crippen LogP contribution in [0, 0.1) is 23.3 Å². The maximum absolute atomic E-state index is 13.5. The zero-order valence-electron chi connectivity index (χ0n) is 9.48. The van der Waals surface area contributed by atoms with Gasteiger partial charge in [-0.2, -0.15) is 0 Å². The van der Waals surface area contributed by atoms with E-state index in [2.05, 4.69) is 21.2 Å². The van der Waals surface area contributed by atoms with Gasteiger partial charge in [-0.05, 0) is 29.8 Å². The third-order valence-electron chi connectivity index (χ3n) is 2.46. The summed E-state index contributed by atoms with van der Waals surface area (Å²) in [7, 11) is 0. The standard InChI is InChI=1S/C13H8BrF4N/c14-8-4-11(17)13(12(18)5-8)19-6-7-1-2-9(15)10(16)3-7/h1-5,19H,6H2. The minimum Gasteiger partial charge on any atom is -0.376 e. The van der Waals surface area contributed by atoms with Crippen LogP contribution in [0.25, 0.3) is 0 Å². The Morgan fingerprint density at radius 2 is 1.47 bits per heavy atom. The Morgan fingerprint density at radius 3 is 2.05 bits per heavy atom. The third kappa shape index (κ3) is 3.26. The molecule has 0 aliphatic rings. The summed E-state index contributed by atoms with van der Waals surface area (Å²) in [5, 5.41) is 2.51. The molecule has 0 saturated heterocycles. The van der Waals surface area contributed by atoms with E-state index in [1.807, 2.05) is 0 Å². The van der Waals surface area contributed by atoms with Crippen LogP contribution in [0.15, 0.2) is 34.8 Å². The fourth-order valence-corrected chi connectivity index (χ4v) is 1.95. The average Bonchev–Trinajstić information content (AvgIpc) is 2.32. The largest absolute Gasteiger partial charge is 0.376 e.